The van der Waals surface area contributed by atoms with Crippen LogP contribution in [0.2, 0.25) is 10.0 Å². The molecule has 21 heavy (non-hydrogen) atoms. The Balaban J connectivity index is 1.78. The van der Waals surface area contributed by atoms with E-state index in [0.29, 0.717) is 11.6 Å². The summed E-state index contributed by atoms with van der Waals surface area (Å²) in [4.78, 5) is 2.39. The Morgan fingerprint density at radius 3 is 2.62 bits per heavy atom. The van der Waals surface area contributed by atoms with Crippen LogP contribution in [0.25, 0.3) is 0 Å². The van der Waals surface area contributed by atoms with E-state index in [1.54, 1.807) is 0 Å². The molecule has 2 N–H and O–H groups in total. The van der Waals surface area contributed by atoms with Crippen LogP contribution in [0.15, 0.2) is 42.5 Å². The van der Waals surface area contributed by atoms with E-state index >= 15 is 0 Å². The molecule has 1 aliphatic heterocycles. The molecule has 1 unspecified atom stereocenters. The molecule has 2 aromatic carbocycles. The summed E-state index contributed by atoms with van der Waals surface area (Å²) in [6, 6.07) is 14.5. The van der Waals surface area contributed by atoms with Gasteiger partial charge in [0.25, 0.3) is 0 Å². The van der Waals surface area contributed by atoms with Crippen molar-refractivity contribution in [2.24, 2.45) is 5.73 Å². The normalized spacial score (nSPS) is 18.0. The minimum Gasteiger partial charge on any atom is -0.329 e. The van der Waals surface area contributed by atoms with E-state index in [0.717, 1.165) is 24.5 Å². The third kappa shape index (κ3) is 3.09. The molecule has 0 saturated carbocycles. The van der Waals surface area contributed by atoms with Gasteiger partial charge in [0.15, 0.2) is 0 Å². The first-order valence-corrected chi connectivity index (χ1v) is 7.90. The van der Waals surface area contributed by atoms with Gasteiger partial charge < -0.3 is 5.73 Å². The van der Waals surface area contributed by atoms with Crippen LogP contribution >= 0.6 is 23.2 Å². The van der Waals surface area contributed by atoms with Crippen molar-refractivity contribution in [2.75, 3.05) is 13.1 Å². The van der Waals surface area contributed by atoms with Gasteiger partial charge in [-0.05, 0) is 35.2 Å². The Bertz CT molecular complexity index is 628. The Morgan fingerprint density at radius 1 is 1.14 bits per heavy atom. The van der Waals surface area contributed by atoms with Crippen molar-refractivity contribution >= 4 is 23.2 Å². The molecule has 4 heteroatoms. The minimum absolute atomic E-state index is 0.208. The molecule has 2 aromatic rings. The summed E-state index contributed by atoms with van der Waals surface area (Å²) >= 11 is 12.5. The number of benzene rings is 2. The van der Waals surface area contributed by atoms with Gasteiger partial charge >= 0.3 is 0 Å². The SMILES string of the molecule is NCC1c2cc(Cl)cc(Cl)c2CN1CCc1ccccc1. The van der Waals surface area contributed by atoms with Crippen LogP contribution < -0.4 is 5.73 Å². The van der Waals surface area contributed by atoms with Crippen LogP contribution in [0.1, 0.15) is 22.7 Å². The summed E-state index contributed by atoms with van der Waals surface area (Å²) in [6.07, 6.45) is 1.01. The fraction of sp³-hybridized carbons (Fsp3) is 0.294. The Hall–Kier alpha value is -1.06. The fourth-order valence-electron chi connectivity index (χ4n) is 3.03. The highest BCUT2D eigenvalue weighted by atomic mass is 35.5. The van der Waals surface area contributed by atoms with E-state index in [1.807, 2.05) is 18.2 Å². The highest BCUT2D eigenvalue weighted by Crippen LogP contribution is 2.38. The maximum Gasteiger partial charge on any atom is 0.0478 e. The molecule has 1 atom stereocenters. The van der Waals surface area contributed by atoms with Crippen molar-refractivity contribution in [1.29, 1.82) is 0 Å². The van der Waals surface area contributed by atoms with E-state index in [2.05, 4.69) is 29.2 Å². The third-order valence-electron chi connectivity index (χ3n) is 4.11. The summed E-state index contributed by atoms with van der Waals surface area (Å²) in [6.45, 7) is 2.40. The quantitative estimate of drug-likeness (QED) is 0.920. The first kappa shape index (κ1) is 14.9. The molecule has 0 radical (unpaired) electrons. The number of nitrogens with zero attached hydrogens (tertiary/aromatic N) is 1. The average molecular weight is 321 g/mol. The molecule has 0 aromatic heterocycles. The number of fused-ring (bicyclic) bond motifs is 1. The lowest BCUT2D eigenvalue weighted by atomic mass is 10.0. The largest absolute Gasteiger partial charge is 0.329 e. The second-order valence-corrected chi connectivity index (χ2v) is 6.26. The predicted octanol–water partition coefficient (Wildman–Crippen LogP) is 4.05. The molecule has 0 amide bonds. The maximum atomic E-state index is 6.33. The average Bonchev–Trinajstić information content (AvgIpc) is 2.84. The fourth-order valence-corrected chi connectivity index (χ4v) is 3.59. The van der Waals surface area contributed by atoms with Gasteiger partial charge in [-0.25, -0.2) is 0 Å². The highest BCUT2D eigenvalue weighted by molar-refractivity contribution is 6.35. The Labute approximate surface area is 135 Å². The second-order valence-electron chi connectivity index (χ2n) is 5.41. The van der Waals surface area contributed by atoms with E-state index in [1.165, 1.54) is 16.7 Å². The van der Waals surface area contributed by atoms with Gasteiger partial charge in [0, 0.05) is 35.7 Å². The zero-order valence-electron chi connectivity index (χ0n) is 11.7. The highest BCUT2D eigenvalue weighted by Gasteiger charge is 2.30. The molecule has 110 valence electrons. The molecule has 0 spiro atoms. The van der Waals surface area contributed by atoms with Crippen LogP contribution in [0.4, 0.5) is 0 Å². The van der Waals surface area contributed by atoms with Crippen LogP contribution in [0.3, 0.4) is 0 Å². The monoisotopic (exact) mass is 320 g/mol. The van der Waals surface area contributed by atoms with Gasteiger partial charge in [-0.2, -0.15) is 0 Å². The third-order valence-corrected chi connectivity index (χ3v) is 4.66. The van der Waals surface area contributed by atoms with Crippen molar-refractivity contribution in [3.8, 4) is 0 Å². The molecule has 2 nitrogen and oxygen atoms in total. The number of rotatable bonds is 4. The van der Waals surface area contributed by atoms with Crippen molar-refractivity contribution in [3.63, 3.8) is 0 Å². The molecule has 0 aliphatic carbocycles. The van der Waals surface area contributed by atoms with Crippen LogP contribution in [-0.4, -0.2) is 18.0 Å². The summed E-state index contributed by atoms with van der Waals surface area (Å²) in [5, 5.41) is 1.43. The van der Waals surface area contributed by atoms with Gasteiger partial charge in [0.1, 0.15) is 0 Å². The van der Waals surface area contributed by atoms with Gasteiger partial charge in [-0.3, -0.25) is 4.90 Å². The molecule has 1 heterocycles. The molecule has 3 rings (SSSR count). The lowest BCUT2D eigenvalue weighted by Crippen LogP contribution is -2.29. The van der Waals surface area contributed by atoms with Crippen molar-refractivity contribution < 1.29 is 0 Å². The first-order valence-electron chi connectivity index (χ1n) is 7.15. The number of hydrogen-bond acceptors (Lipinski definition) is 2. The molecule has 1 aliphatic rings. The second kappa shape index (κ2) is 6.37. The lowest BCUT2D eigenvalue weighted by Gasteiger charge is -2.23. The molecular formula is C17H18Cl2N2. The summed E-state index contributed by atoms with van der Waals surface area (Å²) in [5.74, 6) is 0. The summed E-state index contributed by atoms with van der Waals surface area (Å²) in [5.41, 5.74) is 9.68. The van der Waals surface area contributed by atoms with E-state index in [-0.39, 0.29) is 6.04 Å². The van der Waals surface area contributed by atoms with Gasteiger partial charge in [0.2, 0.25) is 0 Å². The van der Waals surface area contributed by atoms with E-state index < -0.39 is 0 Å². The van der Waals surface area contributed by atoms with E-state index in [9.17, 15) is 0 Å². The summed E-state index contributed by atoms with van der Waals surface area (Å²) in [7, 11) is 0. The van der Waals surface area contributed by atoms with Crippen LogP contribution in [0.5, 0.6) is 0 Å². The predicted molar refractivity (Wildman–Crippen MR) is 88.8 cm³/mol. The van der Waals surface area contributed by atoms with Gasteiger partial charge in [0.05, 0.1) is 0 Å². The smallest absolute Gasteiger partial charge is 0.0478 e. The molecular weight excluding hydrogens is 303 g/mol. The van der Waals surface area contributed by atoms with Crippen molar-refractivity contribution in [2.45, 2.75) is 19.0 Å². The standard InChI is InChI=1S/C17H18Cl2N2/c18-13-8-14-15(16(19)9-13)11-21(17(14)10-20)7-6-12-4-2-1-3-5-12/h1-5,8-9,17H,6-7,10-11,20H2. The summed E-state index contributed by atoms with van der Waals surface area (Å²) < 4.78 is 0. The number of halogens is 2. The van der Waals surface area contributed by atoms with Crippen molar-refractivity contribution in [3.05, 3.63) is 69.2 Å². The number of nitrogens with two attached hydrogens (primary N) is 1. The molecule has 0 bridgehead atoms. The van der Waals surface area contributed by atoms with Gasteiger partial charge in [-0.1, -0.05) is 53.5 Å². The first-order chi connectivity index (χ1) is 10.2. The Kier molecular flexibility index (Phi) is 4.51. The van der Waals surface area contributed by atoms with Crippen molar-refractivity contribution in [1.82, 2.24) is 4.90 Å². The molecule has 0 fully saturated rings. The topological polar surface area (TPSA) is 29.3 Å². The lowest BCUT2D eigenvalue weighted by molar-refractivity contribution is 0.223. The van der Waals surface area contributed by atoms with Crippen LogP contribution in [-0.2, 0) is 13.0 Å². The van der Waals surface area contributed by atoms with Gasteiger partial charge in [-0.15, -0.1) is 0 Å². The number of hydrogen-bond donors (Lipinski definition) is 1. The van der Waals surface area contributed by atoms with Crippen LogP contribution in [0, 0.1) is 0 Å². The maximum absolute atomic E-state index is 6.33. The Morgan fingerprint density at radius 2 is 1.90 bits per heavy atom. The van der Waals surface area contributed by atoms with E-state index in [4.69, 9.17) is 28.9 Å². The minimum atomic E-state index is 0.208. The zero-order valence-corrected chi connectivity index (χ0v) is 13.2. The zero-order chi connectivity index (χ0) is 14.8. The molecule has 0 saturated heterocycles.